The van der Waals surface area contributed by atoms with Gasteiger partial charge in [0.1, 0.15) is 0 Å². The van der Waals surface area contributed by atoms with E-state index >= 15 is 0 Å². The van der Waals surface area contributed by atoms with Gasteiger partial charge < -0.3 is 10.1 Å². The Morgan fingerprint density at radius 3 is 2.75 bits per heavy atom. The summed E-state index contributed by atoms with van der Waals surface area (Å²) >= 11 is 0. The molecule has 1 saturated heterocycles. The highest BCUT2D eigenvalue weighted by Gasteiger charge is 2.21. The van der Waals surface area contributed by atoms with Crippen LogP contribution in [0.3, 0.4) is 0 Å². The van der Waals surface area contributed by atoms with Crippen LogP contribution in [0.15, 0.2) is 0 Å². The van der Waals surface area contributed by atoms with Crippen molar-refractivity contribution in [2.24, 2.45) is 11.8 Å². The second-order valence-corrected chi connectivity index (χ2v) is 5.65. The molecule has 2 rings (SSSR count). The molecule has 1 heterocycles. The van der Waals surface area contributed by atoms with Crippen molar-refractivity contribution in [2.45, 2.75) is 58.0 Å². The van der Waals surface area contributed by atoms with E-state index in [1.807, 2.05) is 0 Å². The van der Waals surface area contributed by atoms with Gasteiger partial charge >= 0.3 is 0 Å². The number of nitrogens with one attached hydrogen (secondary N) is 1. The molecule has 94 valence electrons. The van der Waals surface area contributed by atoms with Gasteiger partial charge in [0.25, 0.3) is 0 Å². The average Bonchev–Trinajstić information content (AvgIpc) is 2.79. The normalized spacial score (nSPS) is 35.4. The Morgan fingerprint density at radius 1 is 1.12 bits per heavy atom. The van der Waals surface area contributed by atoms with Gasteiger partial charge in [-0.05, 0) is 50.6 Å². The summed E-state index contributed by atoms with van der Waals surface area (Å²) in [4.78, 5) is 0. The molecule has 0 aromatic heterocycles. The third-order valence-electron chi connectivity index (χ3n) is 4.36. The summed E-state index contributed by atoms with van der Waals surface area (Å²) in [6, 6.07) is 0. The van der Waals surface area contributed by atoms with Gasteiger partial charge in [0.15, 0.2) is 0 Å². The highest BCUT2D eigenvalue weighted by molar-refractivity contribution is 4.74. The molecule has 0 amide bonds. The molecular formula is C14H27NO. The van der Waals surface area contributed by atoms with Crippen molar-refractivity contribution in [1.29, 1.82) is 0 Å². The maximum Gasteiger partial charge on any atom is 0.0588 e. The molecule has 0 aromatic rings. The Hall–Kier alpha value is -0.0800. The first-order valence-electron chi connectivity index (χ1n) is 7.18. The topological polar surface area (TPSA) is 21.3 Å². The SMILES string of the molecule is CC1CCCCC1CNCCC1CCCO1. The van der Waals surface area contributed by atoms with Gasteiger partial charge in [-0.2, -0.15) is 0 Å². The fraction of sp³-hybridized carbons (Fsp3) is 1.00. The summed E-state index contributed by atoms with van der Waals surface area (Å²) in [6.07, 6.45) is 10.1. The molecule has 3 atom stereocenters. The lowest BCUT2D eigenvalue weighted by molar-refractivity contribution is 0.103. The van der Waals surface area contributed by atoms with E-state index in [1.165, 1.54) is 51.5 Å². The minimum absolute atomic E-state index is 0.552. The van der Waals surface area contributed by atoms with Gasteiger partial charge in [0, 0.05) is 6.61 Å². The Kier molecular flexibility index (Phi) is 5.11. The fourth-order valence-electron chi connectivity index (χ4n) is 3.12. The molecule has 0 aromatic carbocycles. The Morgan fingerprint density at radius 2 is 2.00 bits per heavy atom. The zero-order valence-electron chi connectivity index (χ0n) is 10.7. The van der Waals surface area contributed by atoms with E-state index in [-0.39, 0.29) is 0 Å². The van der Waals surface area contributed by atoms with Crippen molar-refractivity contribution >= 4 is 0 Å². The van der Waals surface area contributed by atoms with E-state index in [2.05, 4.69) is 12.2 Å². The quantitative estimate of drug-likeness (QED) is 0.726. The second-order valence-electron chi connectivity index (χ2n) is 5.65. The van der Waals surface area contributed by atoms with E-state index < -0.39 is 0 Å². The molecule has 1 saturated carbocycles. The molecule has 3 unspecified atom stereocenters. The van der Waals surface area contributed by atoms with Gasteiger partial charge in [-0.15, -0.1) is 0 Å². The standard InChI is InChI=1S/C14H27NO/c1-12-5-2-3-6-13(12)11-15-9-8-14-7-4-10-16-14/h12-15H,2-11H2,1H3. The van der Waals surface area contributed by atoms with Crippen molar-refractivity contribution in [2.75, 3.05) is 19.7 Å². The van der Waals surface area contributed by atoms with Crippen LogP contribution in [0.25, 0.3) is 0 Å². The van der Waals surface area contributed by atoms with Gasteiger partial charge in [-0.25, -0.2) is 0 Å². The molecule has 2 fully saturated rings. The maximum atomic E-state index is 5.63. The molecule has 2 nitrogen and oxygen atoms in total. The van der Waals surface area contributed by atoms with E-state index in [4.69, 9.17) is 4.74 Å². The third-order valence-corrected chi connectivity index (χ3v) is 4.36. The van der Waals surface area contributed by atoms with Crippen LogP contribution in [0.2, 0.25) is 0 Å². The summed E-state index contributed by atoms with van der Waals surface area (Å²) in [5.41, 5.74) is 0. The lowest BCUT2D eigenvalue weighted by Crippen LogP contribution is -2.31. The van der Waals surface area contributed by atoms with Gasteiger partial charge in [-0.3, -0.25) is 0 Å². The Bertz CT molecular complexity index is 189. The summed E-state index contributed by atoms with van der Waals surface area (Å²) in [5.74, 6) is 1.86. The van der Waals surface area contributed by atoms with Crippen LogP contribution < -0.4 is 5.32 Å². The predicted octanol–water partition coefficient (Wildman–Crippen LogP) is 2.97. The second kappa shape index (κ2) is 6.61. The molecular weight excluding hydrogens is 198 g/mol. The Labute approximate surface area is 100 Å². The van der Waals surface area contributed by atoms with Crippen molar-refractivity contribution in [1.82, 2.24) is 5.32 Å². The molecule has 1 aliphatic heterocycles. The van der Waals surface area contributed by atoms with Crippen LogP contribution in [-0.2, 0) is 4.74 Å². The van der Waals surface area contributed by atoms with E-state index in [9.17, 15) is 0 Å². The Balaban J connectivity index is 1.53. The lowest BCUT2D eigenvalue weighted by atomic mass is 9.80. The van der Waals surface area contributed by atoms with Crippen molar-refractivity contribution in [3.8, 4) is 0 Å². The molecule has 1 N–H and O–H groups in total. The molecule has 2 heteroatoms. The number of ether oxygens (including phenoxy) is 1. The summed E-state index contributed by atoms with van der Waals surface area (Å²) in [5, 5.41) is 3.63. The van der Waals surface area contributed by atoms with Crippen molar-refractivity contribution in [3.63, 3.8) is 0 Å². The average molecular weight is 225 g/mol. The molecule has 16 heavy (non-hydrogen) atoms. The number of hydrogen-bond donors (Lipinski definition) is 1. The van der Waals surface area contributed by atoms with Crippen LogP contribution in [0.5, 0.6) is 0 Å². The molecule has 0 radical (unpaired) electrons. The maximum absolute atomic E-state index is 5.63. The smallest absolute Gasteiger partial charge is 0.0588 e. The van der Waals surface area contributed by atoms with Crippen molar-refractivity contribution < 1.29 is 4.74 Å². The first-order valence-corrected chi connectivity index (χ1v) is 7.18. The first-order chi connectivity index (χ1) is 7.86. The van der Waals surface area contributed by atoms with E-state index in [0.717, 1.165) is 25.0 Å². The number of hydrogen-bond acceptors (Lipinski definition) is 2. The number of rotatable bonds is 5. The first kappa shape index (κ1) is 12.4. The third kappa shape index (κ3) is 3.74. The summed E-state index contributed by atoms with van der Waals surface area (Å²) < 4.78 is 5.63. The lowest BCUT2D eigenvalue weighted by Gasteiger charge is -2.29. The summed E-state index contributed by atoms with van der Waals surface area (Å²) in [7, 11) is 0. The molecule has 0 bridgehead atoms. The van der Waals surface area contributed by atoms with Crippen LogP contribution in [0.4, 0.5) is 0 Å². The highest BCUT2D eigenvalue weighted by Crippen LogP contribution is 2.28. The van der Waals surface area contributed by atoms with Crippen LogP contribution in [-0.4, -0.2) is 25.8 Å². The zero-order valence-corrected chi connectivity index (χ0v) is 10.7. The largest absolute Gasteiger partial charge is 0.378 e. The van der Waals surface area contributed by atoms with Gasteiger partial charge in [0.05, 0.1) is 6.10 Å². The monoisotopic (exact) mass is 225 g/mol. The zero-order chi connectivity index (χ0) is 11.2. The minimum atomic E-state index is 0.552. The van der Waals surface area contributed by atoms with Gasteiger partial charge in [-0.1, -0.05) is 26.2 Å². The molecule has 1 aliphatic carbocycles. The fourth-order valence-corrected chi connectivity index (χ4v) is 3.12. The van der Waals surface area contributed by atoms with E-state index in [0.29, 0.717) is 6.10 Å². The van der Waals surface area contributed by atoms with Crippen molar-refractivity contribution in [3.05, 3.63) is 0 Å². The highest BCUT2D eigenvalue weighted by atomic mass is 16.5. The summed E-state index contributed by atoms with van der Waals surface area (Å²) in [6.45, 7) is 5.79. The van der Waals surface area contributed by atoms with Crippen LogP contribution in [0, 0.1) is 11.8 Å². The van der Waals surface area contributed by atoms with Crippen LogP contribution >= 0.6 is 0 Å². The predicted molar refractivity (Wildman–Crippen MR) is 67.6 cm³/mol. The minimum Gasteiger partial charge on any atom is -0.378 e. The molecule has 0 spiro atoms. The van der Waals surface area contributed by atoms with E-state index in [1.54, 1.807) is 0 Å². The van der Waals surface area contributed by atoms with Gasteiger partial charge in [0.2, 0.25) is 0 Å². The molecule has 2 aliphatic rings. The van der Waals surface area contributed by atoms with Crippen LogP contribution in [0.1, 0.15) is 51.9 Å².